The standard InChI is InChI=1S/C26H23FN4O3/c1-28-25(32)21-14-19(10-13-23(21)27)29-26(33)22-16-31(15-17-6-4-3-5-7-17)30-24(22)18-8-11-20(34-2)12-9-18/h3-14,16H,15H2,1-2H3,(H,28,32)(H,29,33). The number of halogens is 1. The first-order valence-electron chi connectivity index (χ1n) is 10.6. The highest BCUT2D eigenvalue weighted by Gasteiger charge is 2.20. The fraction of sp³-hybridized carbons (Fsp3) is 0.115. The van der Waals surface area contributed by atoms with Crippen molar-refractivity contribution in [3.8, 4) is 17.0 Å². The molecule has 8 heteroatoms. The van der Waals surface area contributed by atoms with Gasteiger partial charge >= 0.3 is 0 Å². The zero-order valence-electron chi connectivity index (χ0n) is 18.7. The number of carbonyl (C=O) groups excluding carboxylic acids is 2. The van der Waals surface area contributed by atoms with Crippen molar-refractivity contribution >= 4 is 17.5 Å². The fourth-order valence-corrected chi connectivity index (χ4v) is 3.51. The van der Waals surface area contributed by atoms with Crippen LogP contribution in [-0.2, 0) is 6.54 Å². The highest BCUT2D eigenvalue weighted by molar-refractivity contribution is 6.08. The highest BCUT2D eigenvalue weighted by atomic mass is 19.1. The van der Waals surface area contributed by atoms with Gasteiger partial charge in [0.15, 0.2) is 0 Å². The predicted octanol–water partition coefficient (Wildman–Crippen LogP) is 4.36. The number of aromatic nitrogens is 2. The van der Waals surface area contributed by atoms with E-state index in [0.717, 1.165) is 17.2 Å². The van der Waals surface area contributed by atoms with Gasteiger partial charge in [0.1, 0.15) is 17.3 Å². The lowest BCUT2D eigenvalue weighted by atomic mass is 10.1. The number of hydrogen-bond acceptors (Lipinski definition) is 4. The van der Waals surface area contributed by atoms with Gasteiger partial charge in [0.05, 0.1) is 24.8 Å². The highest BCUT2D eigenvalue weighted by Crippen LogP contribution is 2.26. The Morgan fingerprint density at radius 1 is 0.971 bits per heavy atom. The van der Waals surface area contributed by atoms with E-state index in [2.05, 4.69) is 15.7 Å². The van der Waals surface area contributed by atoms with Crippen molar-refractivity contribution in [2.75, 3.05) is 19.5 Å². The maximum atomic E-state index is 14.0. The molecule has 1 heterocycles. The zero-order chi connectivity index (χ0) is 24.1. The van der Waals surface area contributed by atoms with Crippen LogP contribution in [0.1, 0.15) is 26.3 Å². The van der Waals surface area contributed by atoms with Crippen molar-refractivity contribution < 1.29 is 18.7 Å². The quantitative estimate of drug-likeness (QED) is 0.431. The normalized spacial score (nSPS) is 10.6. The third-order valence-corrected chi connectivity index (χ3v) is 5.25. The summed E-state index contributed by atoms with van der Waals surface area (Å²) in [6, 6.07) is 20.9. The summed E-state index contributed by atoms with van der Waals surface area (Å²) in [5.41, 5.74) is 2.74. The summed E-state index contributed by atoms with van der Waals surface area (Å²) in [6.07, 6.45) is 1.67. The summed E-state index contributed by atoms with van der Waals surface area (Å²) in [4.78, 5) is 25.2. The number of nitrogens with zero attached hydrogens (tertiary/aromatic N) is 2. The Labute approximate surface area is 196 Å². The SMILES string of the molecule is CNC(=O)c1cc(NC(=O)c2cn(Cc3ccccc3)nc2-c2ccc(OC)cc2)ccc1F. The van der Waals surface area contributed by atoms with Crippen molar-refractivity contribution in [2.45, 2.75) is 6.54 Å². The molecule has 0 saturated carbocycles. The van der Waals surface area contributed by atoms with Gasteiger partial charge in [-0.1, -0.05) is 30.3 Å². The van der Waals surface area contributed by atoms with Crippen LogP contribution < -0.4 is 15.4 Å². The predicted molar refractivity (Wildman–Crippen MR) is 128 cm³/mol. The number of anilines is 1. The summed E-state index contributed by atoms with van der Waals surface area (Å²) >= 11 is 0. The number of benzene rings is 3. The molecule has 34 heavy (non-hydrogen) atoms. The smallest absolute Gasteiger partial charge is 0.259 e. The van der Waals surface area contributed by atoms with Gasteiger partial charge in [-0.25, -0.2) is 4.39 Å². The van der Waals surface area contributed by atoms with E-state index < -0.39 is 17.6 Å². The first-order chi connectivity index (χ1) is 16.5. The van der Waals surface area contributed by atoms with E-state index in [1.165, 1.54) is 19.2 Å². The third kappa shape index (κ3) is 4.96. The van der Waals surface area contributed by atoms with Crippen LogP contribution >= 0.6 is 0 Å². The van der Waals surface area contributed by atoms with Crippen LogP contribution in [0.25, 0.3) is 11.3 Å². The lowest BCUT2D eigenvalue weighted by Crippen LogP contribution is -2.20. The van der Waals surface area contributed by atoms with Gasteiger partial charge in [0.2, 0.25) is 0 Å². The number of hydrogen-bond donors (Lipinski definition) is 2. The number of amides is 2. The Morgan fingerprint density at radius 3 is 2.38 bits per heavy atom. The molecule has 2 N–H and O–H groups in total. The summed E-state index contributed by atoms with van der Waals surface area (Å²) in [6.45, 7) is 0.481. The molecular formula is C26H23FN4O3. The Kier molecular flexibility index (Phi) is 6.68. The Balaban J connectivity index is 1.68. The molecule has 0 radical (unpaired) electrons. The second-order valence-electron chi connectivity index (χ2n) is 7.53. The van der Waals surface area contributed by atoms with E-state index in [1.807, 2.05) is 42.5 Å². The number of nitrogens with one attached hydrogen (secondary N) is 2. The zero-order valence-corrected chi connectivity index (χ0v) is 18.7. The summed E-state index contributed by atoms with van der Waals surface area (Å²) < 4.78 is 21.0. The molecule has 3 aromatic carbocycles. The molecule has 0 aliphatic heterocycles. The molecule has 2 amide bonds. The molecule has 7 nitrogen and oxygen atoms in total. The molecule has 0 bridgehead atoms. The van der Waals surface area contributed by atoms with Gasteiger partial charge < -0.3 is 15.4 Å². The third-order valence-electron chi connectivity index (χ3n) is 5.25. The Bertz CT molecular complexity index is 1320. The molecule has 0 aliphatic rings. The van der Waals surface area contributed by atoms with Crippen LogP contribution in [-0.4, -0.2) is 35.8 Å². The molecule has 1 aromatic heterocycles. The van der Waals surface area contributed by atoms with Crippen LogP contribution in [0.2, 0.25) is 0 Å². The van der Waals surface area contributed by atoms with Gasteiger partial charge in [-0.2, -0.15) is 5.10 Å². The van der Waals surface area contributed by atoms with Crippen molar-refractivity contribution in [2.24, 2.45) is 0 Å². The average Bonchev–Trinajstić information content (AvgIpc) is 3.29. The van der Waals surface area contributed by atoms with Crippen LogP contribution in [0, 0.1) is 5.82 Å². The Morgan fingerprint density at radius 2 is 1.71 bits per heavy atom. The molecule has 0 spiro atoms. The van der Waals surface area contributed by atoms with Crippen molar-refractivity contribution in [1.29, 1.82) is 0 Å². The van der Waals surface area contributed by atoms with Gasteiger partial charge in [-0.05, 0) is 48.0 Å². The maximum Gasteiger partial charge on any atom is 0.259 e. The first kappa shape index (κ1) is 22.7. The lowest BCUT2D eigenvalue weighted by Gasteiger charge is -2.08. The van der Waals surface area contributed by atoms with Crippen molar-refractivity contribution in [1.82, 2.24) is 15.1 Å². The van der Waals surface area contributed by atoms with Crippen LogP contribution in [0.15, 0.2) is 79.0 Å². The van der Waals surface area contributed by atoms with E-state index in [1.54, 1.807) is 30.1 Å². The topological polar surface area (TPSA) is 85.3 Å². The monoisotopic (exact) mass is 458 g/mol. The first-order valence-corrected chi connectivity index (χ1v) is 10.6. The maximum absolute atomic E-state index is 14.0. The Hall–Kier alpha value is -4.46. The van der Waals surface area contributed by atoms with Gasteiger partial charge in [0, 0.05) is 24.5 Å². The van der Waals surface area contributed by atoms with Crippen molar-refractivity contribution in [3.63, 3.8) is 0 Å². The van der Waals surface area contributed by atoms with E-state index >= 15 is 0 Å². The molecule has 4 rings (SSSR count). The van der Waals surface area contributed by atoms with E-state index in [-0.39, 0.29) is 5.56 Å². The molecule has 0 unspecified atom stereocenters. The largest absolute Gasteiger partial charge is 0.497 e. The second kappa shape index (κ2) is 9.99. The molecular weight excluding hydrogens is 435 g/mol. The number of ether oxygens (including phenoxy) is 1. The van der Waals surface area contributed by atoms with Crippen LogP contribution in [0.4, 0.5) is 10.1 Å². The van der Waals surface area contributed by atoms with Gasteiger partial charge in [-0.15, -0.1) is 0 Å². The van der Waals surface area contributed by atoms with Crippen LogP contribution in [0.3, 0.4) is 0 Å². The average molecular weight is 458 g/mol. The molecule has 4 aromatic rings. The number of rotatable bonds is 7. The van der Waals surface area contributed by atoms with Gasteiger partial charge in [0.25, 0.3) is 11.8 Å². The van der Waals surface area contributed by atoms with E-state index in [9.17, 15) is 14.0 Å². The van der Waals surface area contributed by atoms with Crippen molar-refractivity contribution in [3.05, 3.63) is 102 Å². The molecule has 0 atom stereocenters. The minimum absolute atomic E-state index is 0.157. The van der Waals surface area contributed by atoms with Gasteiger partial charge in [-0.3, -0.25) is 14.3 Å². The molecule has 0 saturated heterocycles. The van der Waals surface area contributed by atoms with Crippen LogP contribution in [0.5, 0.6) is 5.75 Å². The number of methoxy groups -OCH3 is 1. The molecule has 0 fully saturated rings. The minimum atomic E-state index is -0.674. The second-order valence-corrected chi connectivity index (χ2v) is 7.53. The fourth-order valence-electron chi connectivity index (χ4n) is 3.51. The van der Waals surface area contributed by atoms with E-state index in [0.29, 0.717) is 29.2 Å². The lowest BCUT2D eigenvalue weighted by molar-refractivity contribution is 0.0957. The number of carbonyl (C=O) groups is 2. The molecule has 0 aliphatic carbocycles. The molecule has 172 valence electrons. The summed E-state index contributed by atoms with van der Waals surface area (Å²) in [5.74, 6) is -0.999. The van der Waals surface area contributed by atoms with E-state index in [4.69, 9.17) is 4.74 Å². The minimum Gasteiger partial charge on any atom is -0.497 e. The summed E-state index contributed by atoms with van der Waals surface area (Å²) in [5, 5.41) is 9.79. The summed E-state index contributed by atoms with van der Waals surface area (Å²) in [7, 11) is 2.99.